The lowest BCUT2D eigenvalue weighted by atomic mass is 10.1. The Morgan fingerprint density at radius 3 is 2.48 bits per heavy atom. The van der Waals surface area contributed by atoms with E-state index in [0.717, 1.165) is 0 Å². The Labute approximate surface area is 144 Å². The Kier molecular flexibility index (Phi) is 4.92. The highest BCUT2D eigenvalue weighted by Gasteiger charge is 2.27. The number of halogens is 1. The zero-order chi connectivity index (χ0) is 17.8. The standard InChI is InChI=1S/C18H18FN3O3/c19-12-3-5-13(6-4-12)25-14-7-10-22(11-8-14)18(24)15-2-1-9-21-16(15)17(20)23/h1-6,9,14H,7-8,10-11H2,(H2,20,23). The molecule has 0 saturated carbocycles. The lowest BCUT2D eigenvalue weighted by Gasteiger charge is -2.32. The van der Waals surface area contributed by atoms with Crippen LogP contribution in [-0.2, 0) is 0 Å². The van der Waals surface area contributed by atoms with Gasteiger partial charge in [0.15, 0.2) is 0 Å². The van der Waals surface area contributed by atoms with Crippen molar-refractivity contribution in [3.05, 3.63) is 59.7 Å². The Morgan fingerprint density at radius 1 is 1.16 bits per heavy atom. The number of piperidine rings is 1. The van der Waals surface area contributed by atoms with E-state index < -0.39 is 5.91 Å². The molecule has 0 bridgehead atoms. The molecule has 0 atom stereocenters. The Bertz CT molecular complexity index is 771. The molecule has 1 fully saturated rings. The number of nitrogens with zero attached hydrogens (tertiary/aromatic N) is 2. The third-order valence-corrected chi connectivity index (χ3v) is 4.12. The van der Waals surface area contributed by atoms with E-state index in [-0.39, 0.29) is 29.1 Å². The molecule has 0 radical (unpaired) electrons. The number of carbonyl (C=O) groups excluding carboxylic acids is 2. The Balaban J connectivity index is 1.61. The van der Waals surface area contributed by atoms with Gasteiger partial charge < -0.3 is 15.4 Å². The van der Waals surface area contributed by atoms with E-state index >= 15 is 0 Å². The summed E-state index contributed by atoms with van der Waals surface area (Å²) < 4.78 is 18.7. The van der Waals surface area contributed by atoms with Crippen molar-refractivity contribution in [1.29, 1.82) is 0 Å². The fraction of sp³-hybridized carbons (Fsp3) is 0.278. The highest BCUT2D eigenvalue weighted by Crippen LogP contribution is 2.21. The number of primary amides is 1. The van der Waals surface area contributed by atoms with Gasteiger partial charge in [-0.25, -0.2) is 4.39 Å². The molecular formula is C18H18FN3O3. The monoisotopic (exact) mass is 343 g/mol. The van der Waals surface area contributed by atoms with Crippen molar-refractivity contribution in [2.75, 3.05) is 13.1 Å². The van der Waals surface area contributed by atoms with Crippen LogP contribution in [0.2, 0.25) is 0 Å². The number of carbonyl (C=O) groups is 2. The molecule has 2 N–H and O–H groups in total. The predicted molar refractivity (Wildman–Crippen MR) is 88.7 cm³/mol. The first kappa shape index (κ1) is 16.9. The molecule has 2 aromatic rings. The summed E-state index contributed by atoms with van der Waals surface area (Å²) in [7, 11) is 0. The van der Waals surface area contributed by atoms with Crippen LogP contribution >= 0.6 is 0 Å². The molecule has 7 heteroatoms. The second kappa shape index (κ2) is 7.29. The first-order chi connectivity index (χ1) is 12.0. The maximum absolute atomic E-state index is 12.9. The van der Waals surface area contributed by atoms with Crippen LogP contribution in [0, 0.1) is 5.82 Å². The predicted octanol–water partition coefficient (Wildman–Crippen LogP) is 2.00. The number of amides is 2. The first-order valence-corrected chi connectivity index (χ1v) is 8.01. The molecule has 130 valence electrons. The second-order valence-electron chi connectivity index (χ2n) is 5.83. The number of nitrogens with two attached hydrogens (primary N) is 1. The zero-order valence-corrected chi connectivity index (χ0v) is 13.5. The van der Waals surface area contributed by atoms with Gasteiger partial charge in [0.2, 0.25) is 0 Å². The number of pyridine rings is 1. The van der Waals surface area contributed by atoms with E-state index in [1.165, 1.54) is 18.3 Å². The Morgan fingerprint density at radius 2 is 1.84 bits per heavy atom. The summed E-state index contributed by atoms with van der Waals surface area (Å²) in [6.45, 7) is 0.996. The molecular weight excluding hydrogens is 325 g/mol. The normalized spacial score (nSPS) is 15.0. The summed E-state index contributed by atoms with van der Waals surface area (Å²) in [4.78, 5) is 29.6. The number of hydrogen-bond acceptors (Lipinski definition) is 4. The second-order valence-corrected chi connectivity index (χ2v) is 5.83. The van der Waals surface area contributed by atoms with Crippen molar-refractivity contribution < 1.29 is 18.7 Å². The maximum atomic E-state index is 12.9. The van der Waals surface area contributed by atoms with Crippen LogP contribution in [0.15, 0.2) is 42.6 Å². The fourth-order valence-electron chi connectivity index (χ4n) is 2.83. The third-order valence-electron chi connectivity index (χ3n) is 4.12. The van der Waals surface area contributed by atoms with Crippen LogP contribution < -0.4 is 10.5 Å². The molecule has 1 aromatic heterocycles. The smallest absolute Gasteiger partial charge is 0.268 e. The van der Waals surface area contributed by atoms with Crippen molar-refractivity contribution in [3.63, 3.8) is 0 Å². The summed E-state index contributed by atoms with van der Waals surface area (Å²) in [5.74, 6) is -0.690. The molecule has 3 rings (SSSR count). The van der Waals surface area contributed by atoms with Gasteiger partial charge in [-0.15, -0.1) is 0 Å². The van der Waals surface area contributed by atoms with Crippen LogP contribution in [0.5, 0.6) is 5.75 Å². The molecule has 0 spiro atoms. The summed E-state index contributed by atoms with van der Waals surface area (Å²) in [6.07, 6.45) is 2.68. The largest absolute Gasteiger partial charge is 0.490 e. The van der Waals surface area contributed by atoms with Crippen molar-refractivity contribution in [2.24, 2.45) is 5.73 Å². The van der Waals surface area contributed by atoms with Crippen LogP contribution in [0.4, 0.5) is 4.39 Å². The van der Waals surface area contributed by atoms with E-state index in [9.17, 15) is 14.0 Å². The van der Waals surface area contributed by atoms with Gasteiger partial charge in [-0.3, -0.25) is 14.6 Å². The summed E-state index contributed by atoms with van der Waals surface area (Å²) >= 11 is 0. The molecule has 1 aromatic carbocycles. The van der Waals surface area contributed by atoms with Gasteiger partial charge in [0, 0.05) is 32.1 Å². The minimum atomic E-state index is -0.724. The summed E-state index contributed by atoms with van der Waals surface area (Å²) in [6, 6.07) is 9.02. The molecule has 6 nitrogen and oxygen atoms in total. The van der Waals surface area contributed by atoms with Crippen molar-refractivity contribution in [1.82, 2.24) is 9.88 Å². The average molecular weight is 343 g/mol. The van der Waals surface area contributed by atoms with Crippen molar-refractivity contribution >= 4 is 11.8 Å². The SMILES string of the molecule is NC(=O)c1ncccc1C(=O)N1CCC(Oc2ccc(F)cc2)CC1. The zero-order valence-electron chi connectivity index (χ0n) is 13.5. The summed E-state index contributed by atoms with van der Waals surface area (Å²) in [5, 5.41) is 0. The van der Waals surface area contributed by atoms with Gasteiger partial charge in [0.05, 0.1) is 5.56 Å². The Hall–Kier alpha value is -2.96. The highest BCUT2D eigenvalue weighted by atomic mass is 19.1. The molecule has 1 saturated heterocycles. The van der Waals surface area contributed by atoms with E-state index in [0.29, 0.717) is 31.7 Å². The third kappa shape index (κ3) is 3.93. The van der Waals surface area contributed by atoms with Gasteiger partial charge in [-0.05, 0) is 36.4 Å². The number of benzene rings is 1. The number of rotatable bonds is 4. The molecule has 1 aliphatic rings. The average Bonchev–Trinajstić information content (AvgIpc) is 2.63. The molecule has 0 unspecified atom stereocenters. The van der Waals surface area contributed by atoms with Gasteiger partial charge in [0.25, 0.3) is 11.8 Å². The quantitative estimate of drug-likeness (QED) is 0.920. The van der Waals surface area contributed by atoms with Crippen LogP contribution in [0.25, 0.3) is 0 Å². The molecule has 25 heavy (non-hydrogen) atoms. The number of ether oxygens (including phenoxy) is 1. The maximum Gasteiger partial charge on any atom is 0.268 e. The van der Waals surface area contributed by atoms with Gasteiger partial charge >= 0.3 is 0 Å². The number of aromatic nitrogens is 1. The minimum Gasteiger partial charge on any atom is -0.490 e. The van der Waals surface area contributed by atoms with Crippen molar-refractivity contribution in [2.45, 2.75) is 18.9 Å². The first-order valence-electron chi connectivity index (χ1n) is 8.01. The molecule has 2 amide bonds. The van der Waals surface area contributed by atoms with Crippen molar-refractivity contribution in [3.8, 4) is 5.75 Å². The lowest BCUT2D eigenvalue weighted by Crippen LogP contribution is -2.42. The summed E-state index contributed by atoms with van der Waals surface area (Å²) in [5.41, 5.74) is 5.48. The molecule has 2 heterocycles. The van der Waals surface area contributed by atoms with Gasteiger partial charge in [-0.2, -0.15) is 0 Å². The molecule has 1 aliphatic heterocycles. The van der Waals surface area contributed by atoms with Gasteiger partial charge in [0.1, 0.15) is 23.4 Å². The minimum absolute atomic E-state index is 0.0165. The van der Waals surface area contributed by atoms with E-state index in [2.05, 4.69) is 4.98 Å². The highest BCUT2D eigenvalue weighted by molar-refractivity contribution is 6.05. The molecule has 0 aliphatic carbocycles. The lowest BCUT2D eigenvalue weighted by molar-refractivity contribution is 0.0591. The van der Waals surface area contributed by atoms with Crippen LogP contribution in [0.3, 0.4) is 0 Å². The number of likely N-dealkylation sites (tertiary alicyclic amines) is 1. The van der Waals surface area contributed by atoms with E-state index in [1.807, 2.05) is 0 Å². The van der Waals surface area contributed by atoms with E-state index in [1.54, 1.807) is 29.2 Å². The van der Waals surface area contributed by atoms with Crippen LogP contribution in [-0.4, -0.2) is 40.9 Å². The van der Waals surface area contributed by atoms with E-state index in [4.69, 9.17) is 10.5 Å². The van der Waals surface area contributed by atoms with Crippen LogP contribution in [0.1, 0.15) is 33.7 Å². The number of hydrogen-bond donors (Lipinski definition) is 1. The van der Waals surface area contributed by atoms with Gasteiger partial charge in [-0.1, -0.05) is 0 Å². The fourth-order valence-corrected chi connectivity index (χ4v) is 2.83. The topological polar surface area (TPSA) is 85.5 Å².